The summed E-state index contributed by atoms with van der Waals surface area (Å²) >= 11 is 0. The molecule has 0 heterocycles. The van der Waals surface area contributed by atoms with E-state index in [2.05, 4.69) is 8.92 Å². The number of alkyl halides is 2. The number of hydrogen-bond donors (Lipinski definition) is 0. The molecule has 5 rings (SSSR count). The van der Waals surface area contributed by atoms with E-state index in [4.69, 9.17) is 4.74 Å². The minimum Gasteiger partial charge on any atom is -0.454 e. The van der Waals surface area contributed by atoms with Crippen LogP contribution in [0, 0.1) is 17.8 Å². The van der Waals surface area contributed by atoms with Crippen LogP contribution < -0.4 is 0 Å². The minimum atomic E-state index is -5.93. The van der Waals surface area contributed by atoms with E-state index < -0.39 is 33.1 Å². The normalized spacial score (nSPS) is 30.0. The number of benzene rings is 1. The first-order chi connectivity index (χ1) is 14.1. The molecule has 7 nitrogen and oxygen atoms in total. The maximum Gasteiger partial charge on any atom is 0.524 e. The van der Waals surface area contributed by atoms with Crippen LogP contribution in [-0.2, 0) is 35.2 Å². The molecule has 4 aliphatic rings. The van der Waals surface area contributed by atoms with Gasteiger partial charge in [0.05, 0.1) is 0 Å². The second-order valence-corrected chi connectivity index (χ2v) is 10.2. The zero-order chi connectivity index (χ0) is 21.6. The Kier molecular flexibility index (Phi) is 5.24. The number of esters is 1. The van der Waals surface area contributed by atoms with Gasteiger partial charge in [-0.15, -0.1) is 0 Å². The smallest absolute Gasteiger partial charge is 0.454 e. The first-order valence-corrected chi connectivity index (χ1v) is 11.3. The van der Waals surface area contributed by atoms with Crippen molar-refractivity contribution < 1.29 is 40.4 Å². The Bertz CT molecular complexity index is 894. The maximum absolute atomic E-state index is 14.4. The first kappa shape index (κ1) is 21.0. The van der Waals surface area contributed by atoms with Crippen molar-refractivity contribution in [3.63, 3.8) is 0 Å². The summed E-state index contributed by atoms with van der Waals surface area (Å²) in [4.78, 5) is 23.8. The van der Waals surface area contributed by atoms with Gasteiger partial charge in [0, 0.05) is 0 Å². The molecule has 30 heavy (non-hydrogen) atoms. The average molecular weight is 444 g/mol. The fraction of sp³-hybridized carbons (Fsp3) is 0.600. The van der Waals surface area contributed by atoms with Gasteiger partial charge < -0.3 is 13.7 Å². The molecule has 0 aromatic heterocycles. The highest BCUT2D eigenvalue weighted by molar-refractivity contribution is 7.89. The number of rotatable bonds is 6. The lowest BCUT2D eigenvalue weighted by molar-refractivity contribution is -0.201. The highest BCUT2D eigenvalue weighted by Crippen LogP contribution is 2.57. The number of hydrogen-bond acceptors (Lipinski definition) is 7. The fourth-order valence-corrected chi connectivity index (χ4v) is 5.97. The van der Waals surface area contributed by atoms with Crippen LogP contribution in [0.15, 0.2) is 30.3 Å². The summed E-state index contributed by atoms with van der Waals surface area (Å²) in [7, 11) is -5.93. The molecule has 0 saturated heterocycles. The Labute approximate surface area is 172 Å². The first-order valence-electron chi connectivity index (χ1n) is 9.84. The van der Waals surface area contributed by atoms with Gasteiger partial charge >= 0.3 is 27.5 Å². The Balaban J connectivity index is 1.38. The van der Waals surface area contributed by atoms with Crippen LogP contribution in [0.25, 0.3) is 0 Å². The van der Waals surface area contributed by atoms with Crippen molar-refractivity contribution in [2.24, 2.45) is 17.8 Å². The number of carbonyl (C=O) groups is 2. The van der Waals surface area contributed by atoms with Crippen LogP contribution in [0.4, 0.5) is 13.6 Å². The number of halogens is 2. The summed E-state index contributed by atoms with van der Waals surface area (Å²) in [5.74, 6) is -1.30. The predicted octanol–water partition coefficient (Wildman–Crippen LogP) is 3.77. The van der Waals surface area contributed by atoms with Crippen molar-refractivity contribution >= 4 is 22.2 Å². The van der Waals surface area contributed by atoms with Gasteiger partial charge in [0.2, 0.25) is 0 Å². The molecule has 4 saturated carbocycles. The molecule has 0 aliphatic heterocycles. The molecule has 0 N–H and O–H groups in total. The molecular weight excluding hydrogens is 422 g/mol. The van der Waals surface area contributed by atoms with Crippen molar-refractivity contribution in [2.75, 3.05) is 0 Å². The zero-order valence-corrected chi connectivity index (χ0v) is 16.9. The van der Waals surface area contributed by atoms with Gasteiger partial charge in [0.15, 0.2) is 0 Å². The molecule has 0 unspecified atom stereocenters. The highest BCUT2D eigenvalue weighted by atomic mass is 32.2. The van der Waals surface area contributed by atoms with Crippen molar-refractivity contribution in [3.05, 3.63) is 35.9 Å². The van der Waals surface area contributed by atoms with Crippen LogP contribution in [0.2, 0.25) is 0 Å². The molecular formula is C20H22F2O7S. The van der Waals surface area contributed by atoms with Crippen molar-refractivity contribution in [2.45, 2.75) is 56.0 Å². The summed E-state index contributed by atoms with van der Waals surface area (Å²) in [6, 6.07) is 8.17. The maximum atomic E-state index is 14.4. The van der Waals surface area contributed by atoms with Crippen LogP contribution in [0.5, 0.6) is 0 Å². The third kappa shape index (κ3) is 4.01. The van der Waals surface area contributed by atoms with E-state index in [1.54, 1.807) is 30.3 Å². The van der Waals surface area contributed by atoms with Gasteiger partial charge in [0.1, 0.15) is 12.2 Å². The van der Waals surface area contributed by atoms with Crippen LogP contribution >= 0.6 is 0 Å². The van der Waals surface area contributed by atoms with Gasteiger partial charge in [-0.2, -0.15) is 17.2 Å². The van der Waals surface area contributed by atoms with Gasteiger partial charge in [-0.3, -0.25) is 0 Å². The predicted molar refractivity (Wildman–Crippen MR) is 98.6 cm³/mol. The fourth-order valence-electron chi connectivity index (χ4n) is 5.40. The van der Waals surface area contributed by atoms with E-state index in [9.17, 15) is 26.8 Å². The third-order valence-corrected chi connectivity index (χ3v) is 7.37. The quantitative estimate of drug-likeness (QED) is 0.487. The summed E-state index contributed by atoms with van der Waals surface area (Å²) in [6.07, 6.45) is 2.50. The molecule has 0 amide bonds. The van der Waals surface area contributed by atoms with E-state index in [1.165, 1.54) is 0 Å². The van der Waals surface area contributed by atoms with Crippen LogP contribution in [0.1, 0.15) is 44.1 Å². The molecule has 10 heteroatoms. The molecule has 0 spiro atoms. The summed E-state index contributed by atoms with van der Waals surface area (Å²) in [6.45, 7) is -0.377. The van der Waals surface area contributed by atoms with E-state index >= 15 is 0 Å². The minimum absolute atomic E-state index is 0.304. The lowest BCUT2D eigenvalue weighted by Crippen LogP contribution is -2.55. The standard InChI is InChI=1S/C20H22F2O7S/c21-20(22,30(25,26)29-18(24)27-12-13-4-2-1-3-5-13)17(23)28-19-9-14-6-15(10-19)8-16(7-14)11-19/h1-5,14-16H,6-12H2. The SMILES string of the molecule is O=C(OCc1ccccc1)OS(=O)(=O)C(F)(F)C(=O)OC12CC3CC(CC(C3)C1)C2. The van der Waals surface area contributed by atoms with Crippen molar-refractivity contribution in [3.8, 4) is 0 Å². The average Bonchev–Trinajstić information content (AvgIpc) is 2.65. The zero-order valence-electron chi connectivity index (χ0n) is 16.1. The summed E-state index contributed by atoms with van der Waals surface area (Å²) < 4.78 is 66.2. The second-order valence-electron chi connectivity index (χ2n) is 8.57. The van der Waals surface area contributed by atoms with E-state index in [1.807, 2.05) is 0 Å². The molecule has 4 fully saturated rings. The van der Waals surface area contributed by atoms with Gasteiger partial charge in [0.25, 0.3) is 0 Å². The molecule has 0 radical (unpaired) electrons. The lowest BCUT2D eigenvalue weighted by Gasteiger charge is -2.55. The molecule has 1 aromatic rings. The topological polar surface area (TPSA) is 96.0 Å². The van der Waals surface area contributed by atoms with Gasteiger partial charge in [-0.25, -0.2) is 9.59 Å². The number of ether oxygens (including phenoxy) is 2. The summed E-state index contributed by atoms with van der Waals surface area (Å²) in [5, 5.41) is -5.03. The Morgan fingerprint density at radius 1 is 1.00 bits per heavy atom. The molecule has 164 valence electrons. The van der Waals surface area contributed by atoms with Crippen molar-refractivity contribution in [1.82, 2.24) is 0 Å². The van der Waals surface area contributed by atoms with Crippen LogP contribution in [-0.4, -0.2) is 31.4 Å². The Hall–Kier alpha value is -2.23. The Morgan fingerprint density at radius 3 is 2.07 bits per heavy atom. The van der Waals surface area contributed by atoms with Gasteiger partial charge in [-0.05, 0) is 61.8 Å². The van der Waals surface area contributed by atoms with Crippen molar-refractivity contribution in [1.29, 1.82) is 0 Å². The second kappa shape index (κ2) is 7.47. The number of carbonyl (C=O) groups excluding carboxylic acids is 2. The van der Waals surface area contributed by atoms with E-state index in [0.29, 0.717) is 42.6 Å². The largest absolute Gasteiger partial charge is 0.524 e. The molecule has 4 aliphatic carbocycles. The van der Waals surface area contributed by atoms with E-state index in [-0.39, 0.29) is 6.61 Å². The molecule has 1 aromatic carbocycles. The van der Waals surface area contributed by atoms with E-state index in [0.717, 1.165) is 19.3 Å². The molecule has 4 bridgehead atoms. The lowest BCUT2D eigenvalue weighted by atomic mass is 9.54. The third-order valence-electron chi connectivity index (χ3n) is 6.22. The molecule has 0 atom stereocenters. The van der Waals surface area contributed by atoms with Crippen LogP contribution in [0.3, 0.4) is 0 Å². The monoisotopic (exact) mass is 444 g/mol. The Morgan fingerprint density at radius 2 is 1.53 bits per heavy atom. The highest BCUT2D eigenvalue weighted by Gasteiger charge is 2.61. The van der Waals surface area contributed by atoms with Gasteiger partial charge in [-0.1, -0.05) is 30.3 Å². The summed E-state index contributed by atoms with van der Waals surface area (Å²) in [5.41, 5.74) is -0.557.